The lowest BCUT2D eigenvalue weighted by Gasteiger charge is -2.30. The number of hydrogen-bond acceptors (Lipinski definition) is 4. The van der Waals surface area contributed by atoms with Gasteiger partial charge in [0, 0.05) is 6.42 Å². The average Bonchev–Trinajstić information content (AvgIpc) is 2.37. The molecule has 2 fully saturated rings. The molecule has 0 amide bonds. The number of hydrogen-bond donors (Lipinski definition) is 0. The number of rotatable bonds is 2. The molecule has 2 aliphatic heterocycles. The highest BCUT2D eigenvalue weighted by atomic mass is 28.4. The fraction of sp³-hybridized carbons (Fsp3) is 1.00. The molecule has 3 atom stereocenters. The third-order valence-electron chi connectivity index (χ3n) is 2.04. The van der Waals surface area contributed by atoms with E-state index in [-0.39, 0.29) is 18.7 Å². The third kappa shape index (κ3) is 2.29. The van der Waals surface area contributed by atoms with E-state index in [1.54, 1.807) is 0 Å². The summed E-state index contributed by atoms with van der Waals surface area (Å²) >= 11 is 0. The van der Waals surface area contributed by atoms with Crippen LogP contribution in [0.2, 0.25) is 19.6 Å². The van der Waals surface area contributed by atoms with Crippen LogP contribution < -0.4 is 0 Å². The van der Waals surface area contributed by atoms with Crippen LogP contribution in [0.4, 0.5) is 0 Å². The lowest BCUT2D eigenvalue weighted by Crippen LogP contribution is -2.42. The molecule has 2 aliphatic rings. The van der Waals surface area contributed by atoms with E-state index < -0.39 is 8.32 Å². The molecule has 2 rings (SSSR count). The predicted molar refractivity (Wildman–Crippen MR) is 48.3 cm³/mol. The van der Waals surface area contributed by atoms with Gasteiger partial charge in [-0.15, -0.1) is 0 Å². The minimum atomic E-state index is -1.50. The first-order valence-corrected chi connectivity index (χ1v) is 8.11. The SMILES string of the molecule is C[Si](C)(C)O[C@H]1CC[C@H]2OO[C@@H]1O2. The van der Waals surface area contributed by atoms with Crippen LogP contribution in [-0.2, 0) is 18.9 Å². The molecule has 5 heteroatoms. The number of ether oxygens (including phenoxy) is 1. The van der Waals surface area contributed by atoms with Crippen molar-refractivity contribution in [1.82, 2.24) is 0 Å². The molecule has 76 valence electrons. The Morgan fingerprint density at radius 3 is 2.62 bits per heavy atom. The summed E-state index contributed by atoms with van der Waals surface area (Å²) in [6.07, 6.45) is 1.44. The van der Waals surface area contributed by atoms with Gasteiger partial charge in [0.2, 0.25) is 6.29 Å². The average molecular weight is 204 g/mol. The molecule has 0 aromatic heterocycles. The highest BCUT2D eigenvalue weighted by Crippen LogP contribution is 2.31. The van der Waals surface area contributed by atoms with Gasteiger partial charge in [-0.25, -0.2) is 4.89 Å². The molecule has 13 heavy (non-hydrogen) atoms. The van der Waals surface area contributed by atoms with E-state index in [0.717, 1.165) is 12.8 Å². The molecular weight excluding hydrogens is 188 g/mol. The molecule has 0 N–H and O–H groups in total. The van der Waals surface area contributed by atoms with Crippen LogP contribution in [-0.4, -0.2) is 27.0 Å². The molecule has 0 aliphatic carbocycles. The molecule has 0 saturated carbocycles. The largest absolute Gasteiger partial charge is 0.409 e. The van der Waals surface area contributed by atoms with E-state index >= 15 is 0 Å². The summed E-state index contributed by atoms with van der Waals surface area (Å²) in [5.41, 5.74) is 0. The second-order valence-corrected chi connectivity index (χ2v) is 8.93. The van der Waals surface area contributed by atoms with Gasteiger partial charge in [0.25, 0.3) is 0 Å². The Kier molecular flexibility index (Phi) is 2.46. The summed E-state index contributed by atoms with van der Waals surface area (Å²) in [6.45, 7) is 6.48. The van der Waals surface area contributed by atoms with Crippen LogP contribution in [0.25, 0.3) is 0 Å². The minimum absolute atomic E-state index is 0.0606. The molecule has 2 saturated heterocycles. The van der Waals surface area contributed by atoms with E-state index in [0.29, 0.717) is 0 Å². The van der Waals surface area contributed by atoms with Gasteiger partial charge in [-0.05, 0) is 26.1 Å². The van der Waals surface area contributed by atoms with Crippen molar-refractivity contribution in [2.75, 3.05) is 0 Å². The standard InChI is InChI=1S/C8H16O4Si/c1-13(2,3)12-6-4-5-7-9-8(6)11-10-7/h6-8H,4-5H2,1-3H3/t6-,7+,8-/m0/s1. The first-order valence-electron chi connectivity index (χ1n) is 4.70. The van der Waals surface area contributed by atoms with Crippen molar-refractivity contribution in [2.24, 2.45) is 0 Å². The molecule has 0 unspecified atom stereocenters. The van der Waals surface area contributed by atoms with Crippen LogP contribution in [0.5, 0.6) is 0 Å². The fourth-order valence-electron chi connectivity index (χ4n) is 1.58. The zero-order chi connectivity index (χ0) is 9.47. The molecule has 2 heterocycles. The monoisotopic (exact) mass is 204 g/mol. The van der Waals surface area contributed by atoms with E-state index in [4.69, 9.17) is 18.9 Å². The second kappa shape index (κ2) is 3.32. The van der Waals surface area contributed by atoms with Crippen LogP contribution in [0.3, 0.4) is 0 Å². The van der Waals surface area contributed by atoms with Crippen LogP contribution in [0, 0.1) is 0 Å². The lowest BCUT2D eigenvalue weighted by molar-refractivity contribution is -0.297. The fourth-order valence-corrected chi connectivity index (χ4v) is 2.72. The Hall–Kier alpha value is 0.0569. The molecule has 2 bridgehead atoms. The third-order valence-corrected chi connectivity index (χ3v) is 3.05. The van der Waals surface area contributed by atoms with Crippen molar-refractivity contribution in [3.63, 3.8) is 0 Å². The van der Waals surface area contributed by atoms with Crippen molar-refractivity contribution < 1.29 is 18.9 Å². The molecular formula is C8H16O4Si. The summed E-state index contributed by atoms with van der Waals surface area (Å²) in [6, 6.07) is 0. The van der Waals surface area contributed by atoms with Gasteiger partial charge >= 0.3 is 0 Å². The normalized spacial score (nSPS) is 39.5. The molecule has 0 spiro atoms. The van der Waals surface area contributed by atoms with E-state index in [2.05, 4.69) is 19.6 Å². The summed E-state index contributed by atoms with van der Waals surface area (Å²) in [4.78, 5) is 9.95. The van der Waals surface area contributed by atoms with Crippen LogP contribution in [0.15, 0.2) is 0 Å². The van der Waals surface area contributed by atoms with Gasteiger partial charge in [-0.2, -0.15) is 4.89 Å². The zero-order valence-corrected chi connectivity index (χ0v) is 9.28. The van der Waals surface area contributed by atoms with E-state index in [1.807, 2.05) is 0 Å². The van der Waals surface area contributed by atoms with E-state index in [1.165, 1.54) is 0 Å². The molecule has 0 aromatic rings. The van der Waals surface area contributed by atoms with Gasteiger partial charge in [-0.1, -0.05) is 0 Å². The van der Waals surface area contributed by atoms with Gasteiger partial charge in [0.15, 0.2) is 14.6 Å². The second-order valence-electron chi connectivity index (χ2n) is 4.47. The highest BCUT2D eigenvalue weighted by Gasteiger charge is 2.41. The molecule has 0 aromatic carbocycles. The van der Waals surface area contributed by atoms with Gasteiger partial charge in [0.1, 0.15) is 0 Å². The van der Waals surface area contributed by atoms with E-state index in [9.17, 15) is 0 Å². The van der Waals surface area contributed by atoms with Crippen molar-refractivity contribution >= 4 is 8.32 Å². The molecule has 0 radical (unpaired) electrons. The maximum atomic E-state index is 5.92. The Morgan fingerprint density at radius 1 is 1.15 bits per heavy atom. The Morgan fingerprint density at radius 2 is 1.92 bits per heavy atom. The first kappa shape index (κ1) is 9.61. The van der Waals surface area contributed by atoms with Crippen molar-refractivity contribution in [2.45, 2.75) is 51.2 Å². The Labute approximate surface area is 79.2 Å². The quantitative estimate of drug-likeness (QED) is 0.506. The van der Waals surface area contributed by atoms with Crippen molar-refractivity contribution in [1.29, 1.82) is 0 Å². The van der Waals surface area contributed by atoms with Crippen molar-refractivity contribution in [3.8, 4) is 0 Å². The Balaban J connectivity index is 1.93. The van der Waals surface area contributed by atoms with Gasteiger partial charge in [0.05, 0.1) is 6.10 Å². The first-order chi connectivity index (χ1) is 6.04. The smallest absolute Gasteiger partial charge is 0.219 e. The summed E-state index contributed by atoms with van der Waals surface area (Å²) in [5.74, 6) is 0. The zero-order valence-electron chi connectivity index (χ0n) is 8.28. The number of fused-ring (bicyclic) bond motifs is 2. The topological polar surface area (TPSA) is 36.9 Å². The molecule has 4 nitrogen and oxygen atoms in total. The van der Waals surface area contributed by atoms with Crippen molar-refractivity contribution in [3.05, 3.63) is 0 Å². The van der Waals surface area contributed by atoms with Gasteiger partial charge in [-0.3, -0.25) is 0 Å². The summed E-state index contributed by atoms with van der Waals surface area (Å²) < 4.78 is 11.3. The summed E-state index contributed by atoms with van der Waals surface area (Å²) in [5, 5.41) is 0. The maximum absolute atomic E-state index is 5.92. The maximum Gasteiger partial charge on any atom is 0.219 e. The van der Waals surface area contributed by atoms with Crippen LogP contribution >= 0.6 is 0 Å². The summed E-state index contributed by atoms with van der Waals surface area (Å²) in [7, 11) is -1.50. The van der Waals surface area contributed by atoms with Gasteiger partial charge < -0.3 is 9.16 Å². The van der Waals surface area contributed by atoms with Crippen LogP contribution in [0.1, 0.15) is 12.8 Å². The Bertz CT molecular complexity index is 191. The minimum Gasteiger partial charge on any atom is -0.409 e. The highest BCUT2D eigenvalue weighted by molar-refractivity contribution is 6.69. The lowest BCUT2D eigenvalue weighted by atomic mass is 10.1. The predicted octanol–water partition coefficient (Wildman–Crippen LogP) is 1.63.